The fourth-order valence-electron chi connectivity index (χ4n) is 13.6. The predicted molar refractivity (Wildman–Crippen MR) is 604 cm³/mol. The molecule has 4 radical (unpaired) electrons. The van der Waals surface area contributed by atoms with E-state index in [0.29, 0.717) is 76.1 Å². The van der Waals surface area contributed by atoms with Gasteiger partial charge >= 0.3 is 0 Å². The predicted octanol–water partition coefficient (Wildman–Crippen LogP) is 37.0. The molecule has 12 aromatic rings. The molecule has 8 aromatic carbocycles. The number of fused-ring (bicyclic) bond motifs is 4. The number of pyridine rings is 4. The van der Waals surface area contributed by atoms with Crippen LogP contribution in [0.2, 0.25) is 0 Å². The average molecular weight is 2740 g/mol. The van der Waals surface area contributed by atoms with Gasteiger partial charge in [-0.3, -0.25) is 19.2 Å². The van der Waals surface area contributed by atoms with Gasteiger partial charge in [0, 0.05) is 235 Å². The van der Waals surface area contributed by atoms with Gasteiger partial charge in [-0.25, -0.2) is 19.9 Å². The van der Waals surface area contributed by atoms with Crippen LogP contribution in [0.25, 0.3) is 43.1 Å². The van der Waals surface area contributed by atoms with E-state index in [0.717, 1.165) is 67.8 Å². The van der Waals surface area contributed by atoms with Gasteiger partial charge < -0.3 is 39.4 Å². The number of benzene rings is 8. The zero-order valence-corrected chi connectivity index (χ0v) is 105. The van der Waals surface area contributed by atoms with Gasteiger partial charge in [-0.15, -0.1) is 48.5 Å². The Bertz CT molecular complexity index is 6040. The third-order valence-electron chi connectivity index (χ3n) is 28.1. The third-order valence-corrected chi connectivity index (χ3v) is 28.1. The number of rotatable bonds is 33. The van der Waals surface area contributed by atoms with E-state index >= 15 is 0 Å². The fourth-order valence-corrected chi connectivity index (χ4v) is 13.6. The Morgan fingerprint density at radius 2 is 0.611 bits per heavy atom. The molecule has 4 aromatic heterocycles. The van der Waals surface area contributed by atoms with Crippen molar-refractivity contribution in [2.24, 2.45) is 43.3 Å². The molecule has 4 heterocycles. The Hall–Kier alpha value is -9.96. The Morgan fingerprint density at radius 1 is 0.295 bits per heavy atom. The van der Waals surface area contributed by atoms with Gasteiger partial charge in [-0.05, 0) is 156 Å². The molecule has 0 spiro atoms. The van der Waals surface area contributed by atoms with Gasteiger partial charge in [0.05, 0.1) is 5.69 Å². The van der Waals surface area contributed by atoms with Crippen LogP contribution in [0.15, 0.2) is 248 Å². The number of carbonyl (C=O) groups excluding carboxylic acids is 4. The quantitative estimate of drug-likeness (QED) is 0.0170. The van der Waals surface area contributed by atoms with Gasteiger partial charge in [0.25, 0.3) is 0 Å². The molecule has 12 rings (SSSR count). The number of allylic oxidation sites excluding steroid dienone is 8. The molecule has 16 nitrogen and oxygen atoms in total. The average Bonchev–Trinajstić information content (AvgIpc) is 0.769. The minimum Gasteiger partial charge on any atom is -0.512 e. The van der Waals surface area contributed by atoms with Gasteiger partial charge in [-0.2, -0.15) is 72.8 Å². The Balaban J connectivity index is 0.000000854. The summed E-state index contributed by atoms with van der Waals surface area (Å²) in [6.07, 6.45) is 17.6. The van der Waals surface area contributed by atoms with Crippen LogP contribution < -0.4 is 18.9 Å². The number of aryl methyl sites for hydroxylation is 2. The molecule has 0 saturated carbocycles. The van der Waals surface area contributed by atoms with E-state index in [1.54, 1.807) is 0 Å². The molecule has 0 aliphatic carbocycles. The number of para-hydroxylation sites is 4. The van der Waals surface area contributed by atoms with Crippen LogP contribution in [0.5, 0.6) is 46.5 Å². The number of aliphatic hydroxyl groups is 4. The van der Waals surface area contributed by atoms with Crippen LogP contribution in [-0.4, -0.2) is 63.5 Å². The second-order valence-corrected chi connectivity index (χ2v) is 44.1. The summed E-state index contributed by atoms with van der Waals surface area (Å²) in [5.74, 6) is 8.20. The molecule has 20 heteroatoms. The van der Waals surface area contributed by atoms with E-state index < -0.39 is 0 Å². The summed E-state index contributed by atoms with van der Waals surface area (Å²) in [6, 6.07) is 72.0. The number of aliphatic hydroxyl groups excluding tert-OH is 4. The Morgan fingerprint density at radius 3 is 0.933 bits per heavy atom. The van der Waals surface area contributed by atoms with E-state index in [1.165, 1.54) is 90.0 Å². The molecular formula is C129H170Ir4N4O12-4. The maximum Gasteiger partial charge on any atom is 0.217 e. The molecule has 818 valence electrons. The molecule has 0 unspecified atom stereocenters. The van der Waals surface area contributed by atoms with Crippen molar-refractivity contribution in [2.75, 3.05) is 0 Å². The normalized spacial score (nSPS) is 12.0. The van der Waals surface area contributed by atoms with Gasteiger partial charge in [0.15, 0.2) is 23.1 Å². The van der Waals surface area contributed by atoms with E-state index in [1.807, 2.05) is 318 Å². The second-order valence-electron chi connectivity index (χ2n) is 44.1. The van der Waals surface area contributed by atoms with Crippen molar-refractivity contribution >= 4 is 66.2 Å². The monoisotopic (exact) mass is 2740 g/mol. The first-order valence-corrected chi connectivity index (χ1v) is 51.8. The third kappa shape index (κ3) is 42.2. The second kappa shape index (κ2) is 62.9. The molecule has 0 aliphatic heterocycles. The molecule has 0 fully saturated rings. The topological polar surface area (TPSA) is 238 Å². The number of ether oxygens (including phenoxy) is 4. The molecule has 0 amide bonds. The van der Waals surface area contributed by atoms with Gasteiger partial charge in [-0.1, -0.05) is 290 Å². The van der Waals surface area contributed by atoms with Crippen LogP contribution in [0, 0.1) is 81.4 Å². The minimum absolute atomic E-state index is 0. The largest absolute Gasteiger partial charge is 0.512 e. The molecule has 0 atom stereocenters. The number of hydrogen-bond donors (Lipinski definition) is 4. The minimum atomic E-state index is -0.377. The standard InChI is InChI=1S/C21H22NO.2C19H18NO.C18H16NO.4C13H24O2.4Ir/c1-14(2)16-10-17-13-22-21(23-18-8-6-5-7-9-18)12-20(17)19(11-16)15(3)4;1-13(2)19-14(3)9-10-15-12-20-18(11-17(15)19)21-16-7-5-4-6-8-16;1-13(2)16-10-9-14(3)18-12-20-19(11-17(16)18)21-15-7-5-4-6-8-15;1-13(2)18-16-11-7-6-8-14(16)12-17(19-18)20-15-9-4-3-5-10-15;4*1-7-12(3,4)10(14)9-11(15)13(5,6)8-2;;;;/h5-8,10-15H,1-4H3;2*4-7,9-13H,1-3H3;3-9,11-13H,1-2H3;4*9,14H,7-8H2,1-6H3;;;;/q4*-1;;;;;;;;. The summed E-state index contributed by atoms with van der Waals surface area (Å²) in [7, 11) is 0. The van der Waals surface area contributed by atoms with E-state index in [4.69, 9.17) is 18.9 Å². The van der Waals surface area contributed by atoms with Crippen molar-refractivity contribution in [3.8, 4) is 46.5 Å². The molecule has 0 aliphatic rings. The van der Waals surface area contributed by atoms with E-state index in [2.05, 4.69) is 176 Å². The molecule has 4 N–H and O–H groups in total. The molecule has 0 saturated heterocycles. The van der Waals surface area contributed by atoms with Crippen molar-refractivity contribution in [3.63, 3.8) is 0 Å². The maximum atomic E-state index is 11.8. The van der Waals surface area contributed by atoms with Crippen LogP contribution in [0.3, 0.4) is 0 Å². The van der Waals surface area contributed by atoms with Crippen molar-refractivity contribution in [1.82, 2.24) is 19.9 Å². The van der Waals surface area contributed by atoms with Crippen LogP contribution >= 0.6 is 0 Å². The van der Waals surface area contributed by atoms with Crippen LogP contribution in [-0.2, 0) is 99.6 Å². The van der Waals surface area contributed by atoms with Gasteiger partial charge in [0.1, 0.15) is 23.0 Å². The smallest absolute Gasteiger partial charge is 0.217 e. The number of aromatic nitrogens is 4. The first kappa shape index (κ1) is 137. The Kier molecular flexibility index (Phi) is 57.8. The van der Waals surface area contributed by atoms with Crippen molar-refractivity contribution in [2.45, 2.75) is 330 Å². The van der Waals surface area contributed by atoms with E-state index in [-0.39, 0.29) is 170 Å². The summed E-state index contributed by atoms with van der Waals surface area (Å²) < 4.78 is 23.2. The summed E-state index contributed by atoms with van der Waals surface area (Å²) >= 11 is 0. The SMILES string of the molecule is CC(C)c1cc(C(C)C)c2cc(Oc3[c-]cccc3)ncc2c1.CC(C)c1nc(Oc2[c-]cccc2)cc2ccccc12.CCC(C)(C)C(=O)C=C(O)C(C)(C)CC.CCC(C)(C)C(=O)C=C(O)C(C)(C)CC.CCC(C)(C)C(=O)C=C(O)C(C)(C)CC.CCC(C)(C)C(=O)C=C(O)C(C)(C)CC.Cc1ccc(C(C)C)c2cc(Oc3[c-]cccc3)ncc12.Cc1ccc2cnc(Oc3[c-]cccc3)cc2c1C(C)C.[Ir].[Ir].[Ir].[Ir]. The zero-order chi connectivity index (χ0) is 109. The van der Waals surface area contributed by atoms with Gasteiger partial charge in [0.2, 0.25) is 23.5 Å². The maximum absolute atomic E-state index is 11.8. The van der Waals surface area contributed by atoms with Crippen molar-refractivity contribution in [3.05, 3.63) is 311 Å². The summed E-state index contributed by atoms with van der Waals surface area (Å²) in [6.45, 7) is 72.9. The van der Waals surface area contributed by atoms with Crippen molar-refractivity contribution in [1.29, 1.82) is 0 Å². The zero-order valence-electron chi connectivity index (χ0n) is 95.6. The molecular weight excluding hydrogens is 2570 g/mol. The number of hydrogen-bond acceptors (Lipinski definition) is 16. The number of nitrogens with zero attached hydrogens (tertiary/aromatic N) is 4. The number of ketones is 4. The van der Waals surface area contributed by atoms with E-state index in [9.17, 15) is 39.6 Å². The summed E-state index contributed by atoms with van der Waals surface area (Å²) in [4.78, 5) is 65.3. The first-order valence-electron chi connectivity index (χ1n) is 51.8. The molecule has 0 bridgehead atoms. The summed E-state index contributed by atoms with van der Waals surface area (Å²) in [5, 5.41) is 48.9. The van der Waals surface area contributed by atoms with Crippen LogP contribution in [0.1, 0.15) is 355 Å². The summed E-state index contributed by atoms with van der Waals surface area (Å²) in [5.41, 5.74) is 6.25. The molecule has 149 heavy (non-hydrogen) atoms. The van der Waals surface area contributed by atoms with Crippen LogP contribution in [0.4, 0.5) is 0 Å². The van der Waals surface area contributed by atoms with Crippen molar-refractivity contribution < 1.29 is 139 Å². The Labute approximate surface area is 948 Å². The first-order chi connectivity index (χ1) is 67.8. The number of carbonyl (C=O) groups is 4. The fraction of sp³-hybridized carbons (Fsp3) is 0.442.